The van der Waals surface area contributed by atoms with Gasteiger partial charge in [-0.3, -0.25) is 0 Å². The zero-order valence-electron chi connectivity index (χ0n) is 12.8. The maximum absolute atomic E-state index is 13.9. The lowest BCUT2D eigenvalue weighted by Crippen LogP contribution is -2.58. The molecule has 1 saturated heterocycles. The second-order valence-electron chi connectivity index (χ2n) is 5.68. The van der Waals surface area contributed by atoms with E-state index in [1.807, 2.05) is 0 Å². The average Bonchev–Trinajstić information content (AvgIpc) is 2.55. The Morgan fingerprint density at radius 3 is 2.71 bits per heavy atom. The highest BCUT2D eigenvalue weighted by molar-refractivity contribution is 5.81. The summed E-state index contributed by atoms with van der Waals surface area (Å²) in [5.74, 6) is 0.181. The minimum Gasteiger partial charge on any atom is -0.462 e. The number of aliphatic hydroxyl groups is 3. The number of benzene rings is 1. The van der Waals surface area contributed by atoms with E-state index >= 15 is 0 Å². The fourth-order valence-corrected chi connectivity index (χ4v) is 2.65. The summed E-state index contributed by atoms with van der Waals surface area (Å²) < 4.78 is 29.6. The summed E-state index contributed by atoms with van der Waals surface area (Å²) in [7, 11) is 0. The molecule has 1 aromatic heterocycles. The molecule has 5 atom stereocenters. The molecule has 2 heterocycles. The van der Waals surface area contributed by atoms with Crippen molar-refractivity contribution in [2.24, 2.45) is 0 Å². The number of aryl methyl sites for hydroxylation is 1. The fourth-order valence-electron chi connectivity index (χ4n) is 2.65. The standard InChI is InChI=1S/C16H17FO7/c1-7-4-12(19)23-10-5-8(2-3-9(7)10)22-16-15(21)13(17)14(20)11(6-18)24-16/h2-5,11,13-16,18,20-21H,6H2,1H3/t11?,13?,14?,15-,16?/m1/s1. The number of ether oxygens (including phenoxy) is 2. The molecule has 4 unspecified atom stereocenters. The summed E-state index contributed by atoms with van der Waals surface area (Å²) in [5.41, 5.74) is 0.491. The summed E-state index contributed by atoms with van der Waals surface area (Å²) in [6.07, 6.45) is -8.05. The Hall–Kier alpha value is -2.00. The predicted molar refractivity (Wildman–Crippen MR) is 80.5 cm³/mol. The van der Waals surface area contributed by atoms with Crippen LogP contribution in [0.1, 0.15) is 5.56 Å². The lowest BCUT2D eigenvalue weighted by Gasteiger charge is -2.38. The van der Waals surface area contributed by atoms with Crippen LogP contribution < -0.4 is 10.4 Å². The molecule has 24 heavy (non-hydrogen) atoms. The smallest absolute Gasteiger partial charge is 0.336 e. The molecule has 3 rings (SSSR count). The first-order chi connectivity index (χ1) is 11.4. The third kappa shape index (κ3) is 3.01. The Morgan fingerprint density at radius 2 is 2.00 bits per heavy atom. The van der Waals surface area contributed by atoms with Crippen molar-refractivity contribution in [3.8, 4) is 5.75 Å². The van der Waals surface area contributed by atoms with E-state index < -0.39 is 43.0 Å². The maximum atomic E-state index is 13.9. The van der Waals surface area contributed by atoms with Crippen molar-refractivity contribution in [3.63, 3.8) is 0 Å². The third-order valence-electron chi connectivity index (χ3n) is 3.98. The van der Waals surface area contributed by atoms with Gasteiger partial charge in [-0.05, 0) is 24.6 Å². The monoisotopic (exact) mass is 340 g/mol. The molecule has 7 nitrogen and oxygen atoms in total. The summed E-state index contributed by atoms with van der Waals surface area (Å²) >= 11 is 0. The molecule has 0 saturated carbocycles. The molecule has 0 aliphatic carbocycles. The number of alkyl halides is 1. The summed E-state index contributed by atoms with van der Waals surface area (Å²) in [5, 5.41) is 29.2. The molecule has 0 spiro atoms. The average molecular weight is 340 g/mol. The third-order valence-corrected chi connectivity index (χ3v) is 3.98. The van der Waals surface area contributed by atoms with E-state index in [1.165, 1.54) is 12.1 Å². The molecule has 0 bridgehead atoms. The molecular weight excluding hydrogens is 323 g/mol. The first kappa shape index (κ1) is 16.8. The van der Waals surface area contributed by atoms with Crippen molar-refractivity contribution >= 4 is 11.0 Å². The summed E-state index contributed by atoms with van der Waals surface area (Å²) in [6, 6.07) is 5.99. The van der Waals surface area contributed by atoms with Crippen LogP contribution in [0.15, 0.2) is 33.5 Å². The van der Waals surface area contributed by atoms with E-state index in [1.54, 1.807) is 19.1 Å². The molecule has 1 fully saturated rings. The van der Waals surface area contributed by atoms with Crippen LogP contribution >= 0.6 is 0 Å². The van der Waals surface area contributed by atoms with Gasteiger partial charge in [0.2, 0.25) is 6.29 Å². The lowest BCUT2D eigenvalue weighted by molar-refractivity contribution is -0.265. The van der Waals surface area contributed by atoms with Crippen molar-refractivity contribution < 1.29 is 33.6 Å². The minimum atomic E-state index is -2.03. The SMILES string of the molecule is Cc1cc(=O)oc2cc(OC3OC(CO)C(O)C(F)[C@H]3O)ccc12. The number of fused-ring (bicyclic) bond motifs is 1. The highest BCUT2D eigenvalue weighted by Crippen LogP contribution is 2.28. The molecule has 8 heteroatoms. The van der Waals surface area contributed by atoms with Crippen molar-refractivity contribution in [2.45, 2.75) is 37.7 Å². The van der Waals surface area contributed by atoms with Crippen molar-refractivity contribution in [1.29, 1.82) is 0 Å². The number of hydrogen-bond donors (Lipinski definition) is 3. The maximum Gasteiger partial charge on any atom is 0.336 e. The van der Waals surface area contributed by atoms with Crippen LogP contribution in [0.2, 0.25) is 0 Å². The Morgan fingerprint density at radius 1 is 1.25 bits per heavy atom. The van der Waals surface area contributed by atoms with Crippen molar-refractivity contribution in [3.05, 3.63) is 40.2 Å². The van der Waals surface area contributed by atoms with Crippen LogP contribution in [0.5, 0.6) is 5.75 Å². The van der Waals surface area contributed by atoms with Crippen LogP contribution in [0.4, 0.5) is 4.39 Å². The van der Waals surface area contributed by atoms with E-state index in [9.17, 15) is 19.4 Å². The van der Waals surface area contributed by atoms with E-state index in [0.717, 1.165) is 5.56 Å². The molecule has 130 valence electrons. The van der Waals surface area contributed by atoms with Gasteiger partial charge in [-0.15, -0.1) is 0 Å². The van der Waals surface area contributed by atoms with Gasteiger partial charge in [0.1, 0.15) is 29.6 Å². The minimum absolute atomic E-state index is 0.181. The quantitative estimate of drug-likeness (QED) is 0.688. The van der Waals surface area contributed by atoms with Gasteiger partial charge in [0.05, 0.1) is 6.61 Å². The number of halogens is 1. The molecule has 1 aromatic carbocycles. The Balaban J connectivity index is 1.87. The predicted octanol–water partition coefficient (Wildman–Crippen LogP) is 0.257. The van der Waals surface area contributed by atoms with Gasteiger partial charge in [-0.1, -0.05) is 0 Å². The Bertz CT molecular complexity index is 788. The highest BCUT2D eigenvalue weighted by Gasteiger charge is 2.46. The van der Waals surface area contributed by atoms with Crippen LogP contribution in [0, 0.1) is 6.92 Å². The van der Waals surface area contributed by atoms with Gasteiger partial charge in [0, 0.05) is 17.5 Å². The zero-order valence-corrected chi connectivity index (χ0v) is 12.8. The van der Waals surface area contributed by atoms with Gasteiger partial charge in [-0.2, -0.15) is 0 Å². The molecule has 1 aliphatic rings. The number of rotatable bonds is 3. The fraction of sp³-hybridized carbons (Fsp3) is 0.438. The van der Waals surface area contributed by atoms with E-state index in [-0.39, 0.29) is 11.3 Å². The number of aliphatic hydroxyl groups excluding tert-OH is 3. The molecule has 0 amide bonds. The number of hydrogen-bond acceptors (Lipinski definition) is 7. The van der Waals surface area contributed by atoms with E-state index in [4.69, 9.17) is 19.0 Å². The molecule has 2 aromatic rings. The van der Waals surface area contributed by atoms with Crippen LogP contribution in [-0.2, 0) is 4.74 Å². The normalized spacial score (nSPS) is 30.5. The van der Waals surface area contributed by atoms with Crippen LogP contribution in [0.25, 0.3) is 11.0 Å². The topological polar surface area (TPSA) is 109 Å². The van der Waals surface area contributed by atoms with Crippen LogP contribution in [0.3, 0.4) is 0 Å². The first-order valence-electron chi connectivity index (χ1n) is 7.38. The van der Waals surface area contributed by atoms with Gasteiger partial charge >= 0.3 is 5.63 Å². The molecular formula is C16H17FO7. The summed E-state index contributed by atoms with van der Waals surface area (Å²) in [6.45, 7) is 1.13. The van der Waals surface area contributed by atoms with Crippen LogP contribution in [-0.4, -0.2) is 52.7 Å². The molecule has 0 radical (unpaired) electrons. The molecule has 3 N–H and O–H groups in total. The van der Waals surface area contributed by atoms with E-state index in [2.05, 4.69) is 0 Å². The Labute approximate surface area is 135 Å². The highest BCUT2D eigenvalue weighted by atomic mass is 19.1. The van der Waals surface area contributed by atoms with Crippen molar-refractivity contribution in [1.82, 2.24) is 0 Å². The van der Waals surface area contributed by atoms with Gasteiger partial charge in [0.15, 0.2) is 6.17 Å². The Kier molecular flexibility index (Phi) is 4.55. The van der Waals surface area contributed by atoms with Crippen molar-refractivity contribution in [2.75, 3.05) is 6.61 Å². The zero-order chi connectivity index (χ0) is 17.4. The second kappa shape index (κ2) is 6.48. The van der Waals surface area contributed by atoms with Gasteiger partial charge in [-0.25, -0.2) is 9.18 Å². The lowest BCUT2D eigenvalue weighted by atomic mass is 10.0. The second-order valence-corrected chi connectivity index (χ2v) is 5.68. The first-order valence-corrected chi connectivity index (χ1v) is 7.38. The van der Waals surface area contributed by atoms with Gasteiger partial charge < -0.3 is 29.2 Å². The molecule has 1 aliphatic heterocycles. The van der Waals surface area contributed by atoms with E-state index in [0.29, 0.717) is 5.39 Å². The summed E-state index contributed by atoms with van der Waals surface area (Å²) in [4.78, 5) is 11.4. The largest absolute Gasteiger partial charge is 0.462 e. The van der Waals surface area contributed by atoms with Gasteiger partial charge in [0.25, 0.3) is 0 Å².